The van der Waals surface area contributed by atoms with Crippen LogP contribution in [0.1, 0.15) is 5.56 Å². The summed E-state index contributed by atoms with van der Waals surface area (Å²) in [5, 5.41) is 9.44. The van der Waals surface area contributed by atoms with Crippen molar-refractivity contribution >= 4 is 43.9 Å². The molecular formula is C10H8Br2O3. The third-order valence-electron chi connectivity index (χ3n) is 1.65. The Hall–Kier alpha value is -0.810. The zero-order chi connectivity index (χ0) is 11.4. The summed E-state index contributed by atoms with van der Waals surface area (Å²) in [6.45, 7) is 0. The molecule has 15 heavy (non-hydrogen) atoms. The number of carbonyl (C=O) groups excluding carboxylic acids is 1. The van der Waals surface area contributed by atoms with Gasteiger partial charge in [0.15, 0.2) is 0 Å². The van der Waals surface area contributed by atoms with Gasteiger partial charge in [-0.2, -0.15) is 0 Å². The number of rotatable bonds is 2. The zero-order valence-corrected chi connectivity index (χ0v) is 11.0. The van der Waals surface area contributed by atoms with Gasteiger partial charge in [-0.05, 0) is 55.6 Å². The fraction of sp³-hybridized carbons (Fsp3) is 0.100. The Bertz CT molecular complexity index is 390. The molecule has 0 aliphatic heterocycles. The first-order valence-corrected chi connectivity index (χ1v) is 5.57. The van der Waals surface area contributed by atoms with Crippen molar-refractivity contribution in [2.75, 3.05) is 7.11 Å². The summed E-state index contributed by atoms with van der Waals surface area (Å²) < 4.78 is 5.57. The van der Waals surface area contributed by atoms with Crippen LogP contribution in [0.2, 0.25) is 0 Å². The Kier molecular flexibility index (Phi) is 4.35. The van der Waals surface area contributed by atoms with Gasteiger partial charge < -0.3 is 9.84 Å². The second-order valence-electron chi connectivity index (χ2n) is 2.69. The number of phenolic OH excluding ortho intramolecular Hbond substituents is 1. The number of esters is 1. The molecule has 0 aliphatic rings. The van der Waals surface area contributed by atoms with Crippen LogP contribution in [0, 0.1) is 0 Å². The number of aromatic hydroxyl groups is 1. The fourth-order valence-electron chi connectivity index (χ4n) is 0.914. The minimum absolute atomic E-state index is 0.130. The Morgan fingerprint density at radius 3 is 2.40 bits per heavy atom. The van der Waals surface area contributed by atoms with E-state index >= 15 is 0 Å². The number of methoxy groups -OCH3 is 1. The van der Waals surface area contributed by atoms with Crippen LogP contribution in [-0.2, 0) is 9.53 Å². The standard InChI is InChI=1S/C10H8Br2O3/c1-15-9(13)3-2-6-4-7(11)10(14)8(12)5-6/h2-5,14H,1H3. The van der Waals surface area contributed by atoms with Gasteiger partial charge in [-0.15, -0.1) is 0 Å². The number of benzene rings is 1. The van der Waals surface area contributed by atoms with Gasteiger partial charge in [0.05, 0.1) is 16.1 Å². The van der Waals surface area contributed by atoms with Gasteiger partial charge in [-0.1, -0.05) is 0 Å². The predicted molar refractivity (Wildman–Crippen MR) is 64.6 cm³/mol. The van der Waals surface area contributed by atoms with Crippen molar-refractivity contribution in [1.29, 1.82) is 0 Å². The SMILES string of the molecule is COC(=O)C=Cc1cc(Br)c(O)c(Br)c1. The minimum atomic E-state index is -0.421. The molecule has 1 aromatic carbocycles. The molecule has 0 spiro atoms. The van der Waals surface area contributed by atoms with Gasteiger partial charge in [0.25, 0.3) is 0 Å². The topological polar surface area (TPSA) is 46.5 Å². The monoisotopic (exact) mass is 334 g/mol. The predicted octanol–water partition coefficient (Wildman–Crippen LogP) is 3.10. The van der Waals surface area contributed by atoms with E-state index < -0.39 is 5.97 Å². The summed E-state index contributed by atoms with van der Waals surface area (Å²) >= 11 is 6.38. The van der Waals surface area contributed by atoms with Crippen LogP contribution in [0.5, 0.6) is 5.75 Å². The van der Waals surface area contributed by atoms with Crippen LogP contribution in [0.25, 0.3) is 6.08 Å². The Morgan fingerprint density at radius 2 is 1.93 bits per heavy atom. The third kappa shape index (κ3) is 3.35. The van der Waals surface area contributed by atoms with E-state index in [1.807, 2.05) is 0 Å². The van der Waals surface area contributed by atoms with Gasteiger partial charge in [0, 0.05) is 6.08 Å². The Morgan fingerprint density at radius 1 is 1.40 bits per heavy atom. The summed E-state index contributed by atoms with van der Waals surface area (Å²) in [4.78, 5) is 10.8. The van der Waals surface area contributed by atoms with E-state index in [4.69, 9.17) is 0 Å². The molecule has 0 aromatic heterocycles. The number of ether oxygens (including phenoxy) is 1. The number of hydrogen-bond acceptors (Lipinski definition) is 3. The van der Waals surface area contributed by atoms with Gasteiger partial charge >= 0.3 is 5.97 Å². The first-order chi connectivity index (χ1) is 7.04. The molecule has 0 atom stereocenters. The van der Waals surface area contributed by atoms with Crippen molar-refractivity contribution in [3.63, 3.8) is 0 Å². The quantitative estimate of drug-likeness (QED) is 0.667. The molecule has 0 amide bonds. The van der Waals surface area contributed by atoms with Crippen LogP contribution in [0.3, 0.4) is 0 Å². The molecule has 1 N–H and O–H groups in total. The number of carbonyl (C=O) groups is 1. The van der Waals surface area contributed by atoms with E-state index in [2.05, 4.69) is 36.6 Å². The van der Waals surface area contributed by atoms with E-state index in [0.29, 0.717) is 8.95 Å². The molecule has 80 valence electrons. The highest BCUT2D eigenvalue weighted by atomic mass is 79.9. The van der Waals surface area contributed by atoms with Crippen molar-refractivity contribution in [3.8, 4) is 5.75 Å². The first kappa shape index (κ1) is 12.3. The smallest absolute Gasteiger partial charge is 0.330 e. The summed E-state index contributed by atoms with van der Waals surface area (Å²) in [7, 11) is 1.31. The average molecular weight is 336 g/mol. The lowest BCUT2D eigenvalue weighted by atomic mass is 10.2. The van der Waals surface area contributed by atoms with E-state index in [9.17, 15) is 9.90 Å². The molecule has 0 saturated heterocycles. The number of hydrogen-bond donors (Lipinski definition) is 1. The van der Waals surface area contributed by atoms with Crippen molar-refractivity contribution in [1.82, 2.24) is 0 Å². The van der Waals surface area contributed by atoms with Crippen LogP contribution in [0.15, 0.2) is 27.2 Å². The van der Waals surface area contributed by atoms with Gasteiger partial charge in [0.1, 0.15) is 5.75 Å². The van der Waals surface area contributed by atoms with Gasteiger partial charge in [-0.3, -0.25) is 0 Å². The molecule has 0 unspecified atom stereocenters. The third-order valence-corrected chi connectivity index (χ3v) is 2.86. The molecule has 5 heteroatoms. The van der Waals surface area contributed by atoms with Crippen molar-refractivity contribution in [2.24, 2.45) is 0 Å². The summed E-state index contributed by atoms with van der Waals surface area (Å²) in [5.41, 5.74) is 0.775. The summed E-state index contributed by atoms with van der Waals surface area (Å²) in [5.74, 6) is -0.291. The van der Waals surface area contributed by atoms with Crippen LogP contribution < -0.4 is 0 Å². The zero-order valence-electron chi connectivity index (χ0n) is 7.83. The summed E-state index contributed by atoms with van der Waals surface area (Å²) in [6, 6.07) is 3.39. The highest BCUT2D eigenvalue weighted by molar-refractivity contribution is 9.11. The maximum Gasteiger partial charge on any atom is 0.330 e. The number of halogens is 2. The van der Waals surface area contributed by atoms with Gasteiger partial charge in [-0.25, -0.2) is 4.79 Å². The normalized spacial score (nSPS) is 10.6. The van der Waals surface area contributed by atoms with Crippen molar-refractivity contribution in [3.05, 3.63) is 32.7 Å². The molecule has 1 rings (SSSR count). The second kappa shape index (κ2) is 5.32. The molecule has 0 fully saturated rings. The summed E-state index contributed by atoms with van der Waals surface area (Å²) in [6.07, 6.45) is 2.91. The lowest BCUT2D eigenvalue weighted by Crippen LogP contribution is -1.93. The molecule has 3 nitrogen and oxygen atoms in total. The fourth-order valence-corrected chi connectivity index (χ4v) is 2.14. The Balaban J connectivity index is 2.97. The van der Waals surface area contributed by atoms with Crippen molar-refractivity contribution in [2.45, 2.75) is 0 Å². The van der Waals surface area contributed by atoms with E-state index in [1.165, 1.54) is 13.2 Å². The second-order valence-corrected chi connectivity index (χ2v) is 4.40. The molecular weight excluding hydrogens is 328 g/mol. The lowest BCUT2D eigenvalue weighted by Gasteiger charge is -2.01. The maximum absolute atomic E-state index is 10.8. The molecule has 0 bridgehead atoms. The van der Waals surface area contributed by atoms with E-state index in [-0.39, 0.29) is 5.75 Å². The van der Waals surface area contributed by atoms with Crippen LogP contribution >= 0.6 is 31.9 Å². The molecule has 1 aromatic rings. The van der Waals surface area contributed by atoms with E-state index in [1.54, 1.807) is 18.2 Å². The highest BCUT2D eigenvalue weighted by Gasteiger charge is 2.04. The molecule has 0 aliphatic carbocycles. The lowest BCUT2D eigenvalue weighted by molar-refractivity contribution is -0.134. The molecule has 0 radical (unpaired) electrons. The highest BCUT2D eigenvalue weighted by Crippen LogP contribution is 2.33. The minimum Gasteiger partial charge on any atom is -0.506 e. The Labute approximate surface area is 104 Å². The largest absolute Gasteiger partial charge is 0.506 e. The van der Waals surface area contributed by atoms with Crippen LogP contribution in [0.4, 0.5) is 0 Å². The van der Waals surface area contributed by atoms with Crippen LogP contribution in [-0.4, -0.2) is 18.2 Å². The average Bonchev–Trinajstić information content (AvgIpc) is 2.22. The molecule has 0 heterocycles. The maximum atomic E-state index is 10.8. The first-order valence-electron chi connectivity index (χ1n) is 3.98. The van der Waals surface area contributed by atoms with Crippen molar-refractivity contribution < 1.29 is 14.6 Å². The number of phenols is 1. The van der Waals surface area contributed by atoms with Gasteiger partial charge in [0.2, 0.25) is 0 Å². The van der Waals surface area contributed by atoms with E-state index in [0.717, 1.165) is 5.56 Å². The molecule has 0 saturated carbocycles.